The molecule has 392 valence electrons. The lowest BCUT2D eigenvalue weighted by Crippen LogP contribution is -2.47. The van der Waals surface area contributed by atoms with Gasteiger partial charge in [0.2, 0.25) is 0 Å². The zero-order valence-electron chi connectivity index (χ0n) is 46.0. The van der Waals surface area contributed by atoms with E-state index in [1.54, 1.807) is 18.4 Å². The van der Waals surface area contributed by atoms with Crippen LogP contribution in [0.4, 0.5) is 17.1 Å². The molecule has 6 nitrogen and oxygen atoms in total. The number of unbranched alkanes of at least 4 members (excludes halogenated alkanes) is 3. The molecule has 3 N–H and O–H groups in total. The van der Waals surface area contributed by atoms with Crippen LogP contribution in [0.2, 0.25) is 5.82 Å². The maximum Gasteiger partial charge on any atom is 0.416 e. The van der Waals surface area contributed by atoms with E-state index in [1.807, 2.05) is 11.3 Å². The molecule has 2 aliphatic carbocycles. The van der Waals surface area contributed by atoms with Crippen LogP contribution in [-0.4, -0.2) is 39.6 Å². The van der Waals surface area contributed by atoms with Gasteiger partial charge < -0.3 is 25.2 Å². The van der Waals surface area contributed by atoms with Crippen molar-refractivity contribution in [3.63, 3.8) is 0 Å². The SMILES string of the molecule is CCC1CC1(CCCC(C)C)CCc1ccc2cc(B3Nc4cccc5cc/c(=C6/C(=O)C(c7ccc8cccc9c8c7NB(c7cc8ccc(CCCCCCC(C)C)cc8s7)N9)=C6COC)c(c45)=CC3C=O)sc2c1. The number of aryl methyl sites for hydroxylation is 2. The highest BCUT2D eigenvalue weighted by molar-refractivity contribution is 7.30. The Bertz CT molecular complexity index is 3760. The lowest BCUT2D eigenvalue weighted by Gasteiger charge is -2.32. The second-order valence-electron chi connectivity index (χ2n) is 23.9. The molecular weight excluding hydrogens is 981 g/mol. The second kappa shape index (κ2) is 21.7. The number of aldehydes is 1. The third-order valence-electron chi connectivity index (χ3n) is 17.8. The van der Waals surface area contributed by atoms with Gasteiger partial charge in [0.1, 0.15) is 6.29 Å². The molecule has 0 saturated heterocycles. The average molecular weight is 1050 g/mol. The highest BCUT2D eigenvalue weighted by Crippen LogP contribution is 2.61. The molecule has 3 unspecified atom stereocenters. The fourth-order valence-electron chi connectivity index (χ4n) is 13.5. The third kappa shape index (κ3) is 10.0. The van der Waals surface area contributed by atoms with E-state index in [2.05, 4.69) is 166 Å². The number of Topliss-reactive ketones (excluding diaryl/α,β-unsaturated/α-hetero) is 1. The number of benzene rings is 6. The maximum atomic E-state index is 15.3. The van der Waals surface area contributed by atoms with Crippen molar-refractivity contribution in [2.75, 3.05) is 29.4 Å². The van der Waals surface area contributed by atoms with Gasteiger partial charge in [-0.05, 0) is 146 Å². The molecule has 1 fully saturated rings. The number of ether oxygens (including phenoxy) is 1. The van der Waals surface area contributed by atoms with Crippen molar-refractivity contribution in [1.29, 1.82) is 0 Å². The fourth-order valence-corrected chi connectivity index (χ4v) is 15.9. The van der Waals surface area contributed by atoms with E-state index in [0.717, 1.165) is 102 Å². The van der Waals surface area contributed by atoms with Crippen molar-refractivity contribution in [2.24, 2.45) is 23.2 Å². The summed E-state index contributed by atoms with van der Waals surface area (Å²) in [6, 6.07) is 39.8. The Labute approximate surface area is 464 Å². The highest BCUT2D eigenvalue weighted by atomic mass is 32.1. The van der Waals surface area contributed by atoms with Gasteiger partial charge in [-0.1, -0.05) is 158 Å². The average Bonchev–Trinajstić information content (AvgIpc) is 3.83. The Balaban J connectivity index is 0.868. The van der Waals surface area contributed by atoms with Gasteiger partial charge in [-0.3, -0.25) is 4.79 Å². The molecule has 8 aromatic rings. The second-order valence-corrected chi connectivity index (χ2v) is 26.1. The summed E-state index contributed by atoms with van der Waals surface area (Å²) in [6.45, 7) is 11.5. The molecule has 2 aromatic heterocycles. The predicted octanol–water partition coefficient (Wildman–Crippen LogP) is 14.5. The molecule has 0 radical (unpaired) electrons. The Kier molecular flexibility index (Phi) is 14.6. The first-order valence-electron chi connectivity index (χ1n) is 28.9. The number of allylic oxidation sites excluding steroid dienone is 1. The van der Waals surface area contributed by atoms with Crippen LogP contribution in [0.5, 0.6) is 0 Å². The number of hydrogen-bond donors (Lipinski definition) is 3. The summed E-state index contributed by atoms with van der Waals surface area (Å²) >= 11 is 3.63. The molecule has 12 rings (SSSR count). The zero-order chi connectivity index (χ0) is 53.0. The van der Waals surface area contributed by atoms with Crippen LogP contribution in [0.25, 0.3) is 58.9 Å². The molecule has 10 heteroatoms. The molecule has 4 heterocycles. The van der Waals surface area contributed by atoms with Crippen molar-refractivity contribution in [2.45, 2.75) is 124 Å². The molecular formula is C67H73B2N3O3S2. The Morgan fingerprint density at radius 2 is 1.35 bits per heavy atom. The molecule has 3 atom stereocenters. The number of nitrogens with one attached hydrogen (secondary N) is 3. The predicted molar refractivity (Wildman–Crippen MR) is 333 cm³/mol. The third-order valence-corrected chi connectivity index (χ3v) is 20.2. The quantitative estimate of drug-likeness (QED) is 0.0378. The van der Waals surface area contributed by atoms with E-state index in [-0.39, 0.29) is 26.2 Å². The zero-order valence-corrected chi connectivity index (χ0v) is 47.6. The minimum Gasteiger partial charge on any atom is -0.422 e. The number of methoxy groups -OCH3 is 1. The summed E-state index contributed by atoms with van der Waals surface area (Å²) in [5.74, 6) is 1.91. The molecule has 0 amide bonds. The van der Waals surface area contributed by atoms with Crippen LogP contribution in [0, 0.1) is 23.2 Å². The lowest BCUT2D eigenvalue weighted by atomic mass is 9.50. The summed E-state index contributed by atoms with van der Waals surface area (Å²) in [4.78, 5) is 28.8. The highest BCUT2D eigenvalue weighted by Gasteiger charge is 2.51. The van der Waals surface area contributed by atoms with E-state index in [1.165, 1.54) is 107 Å². The number of anilines is 3. The van der Waals surface area contributed by atoms with Gasteiger partial charge in [-0.15, -0.1) is 22.7 Å². The van der Waals surface area contributed by atoms with Gasteiger partial charge in [-0.2, -0.15) is 0 Å². The summed E-state index contributed by atoms with van der Waals surface area (Å²) in [7, 11) is 1.71. The van der Waals surface area contributed by atoms with Crippen molar-refractivity contribution in [3.8, 4) is 0 Å². The molecule has 2 aliphatic heterocycles. The van der Waals surface area contributed by atoms with Crippen LogP contribution in [-0.2, 0) is 27.2 Å². The normalized spacial score (nSPS) is 19.5. The molecule has 0 bridgehead atoms. The number of fused-ring (bicyclic) bond motifs is 2. The Morgan fingerprint density at radius 1 is 0.688 bits per heavy atom. The van der Waals surface area contributed by atoms with Gasteiger partial charge in [0, 0.05) is 77.2 Å². The van der Waals surface area contributed by atoms with Gasteiger partial charge >= 0.3 is 13.8 Å². The first kappa shape index (κ1) is 51.8. The van der Waals surface area contributed by atoms with Crippen LogP contribution in [0.1, 0.15) is 122 Å². The monoisotopic (exact) mass is 1050 g/mol. The molecule has 0 spiro atoms. The van der Waals surface area contributed by atoms with Crippen molar-refractivity contribution < 1.29 is 14.3 Å². The number of hydrogen-bond acceptors (Lipinski definition) is 8. The van der Waals surface area contributed by atoms with Crippen LogP contribution in [0.3, 0.4) is 0 Å². The van der Waals surface area contributed by atoms with Gasteiger partial charge in [0.05, 0.1) is 6.61 Å². The van der Waals surface area contributed by atoms with Gasteiger partial charge in [0.25, 0.3) is 0 Å². The minimum absolute atomic E-state index is 0.0112. The molecule has 77 heavy (non-hydrogen) atoms. The van der Waals surface area contributed by atoms with Gasteiger partial charge in [0.15, 0.2) is 5.78 Å². The van der Waals surface area contributed by atoms with E-state index >= 15 is 4.79 Å². The summed E-state index contributed by atoms with van der Waals surface area (Å²) in [5.41, 5.74) is 9.38. The number of carbonyl (C=O) groups is 2. The smallest absolute Gasteiger partial charge is 0.416 e. The van der Waals surface area contributed by atoms with Crippen LogP contribution in [0.15, 0.2) is 115 Å². The Morgan fingerprint density at radius 3 is 2.06 bits per heavy atom. The summed E-state index contributed by atoms with van der Waals surface area (Å²) in [6.07, 6.45) is 19.8. The number of rotatable bonds is 21. The maximum absolute atomic E-state index is 15.3. The van der Waals surface area contributed by atoms with Crippen molar-refractivity contribution in [3.05, 3.63) is 142 Å². The van der Waals surface area contributed by atoms with Crippen LogP contribution < -0.4 is 35.7 Å². The first-order valence-corrected chi connectivity index (χ1v) is 30.6. The van der Waals surface area contributed by atoms with E-state index in [0.29, 0.717) is 16.6 Å². The number of thiophene rings is 2. The Hall–Kier alpha value is -5.93. The van der Waals surface area contributed by atoms with Crippen molar-refractivity contribution >= 4 is 134 Å². The lowest BCUT2D eigenvalue weighted by molar-refractivity contribution is -0.109. The van der Waals surface area contributed by atoms with E-state index in [9.17, 15) is 4.79 Å². The minimum atomic E-state index is -0.488. The van der Waals surface area contributed by atoms with Crippen LogP contribution >= 0.6 is 22.7 Å². The summed E-state index contributed by atoms with van der Waals surface area (Å²) < 4.78 is 10.9. The largest absolute Gasteiger partial charge is 0.422 e. The molecule has 6 aromatic carbocycles. The summed E-state index contributed by atoms with van der Waals surface area (Å²) in [5, 5.41) is 20.1. The number of carbonyl (C=O) groups excluding carboxylic acids is 2. The van der Waals surface area contributed by atoms with Gasteiger partial charge in [-0.25, -0.2) is 0 Å². The standard InChI is InChI=1S/C67H73B2N3O3S2/c1-7-49-38-67(49,31-14-16-42(4)5)32-30-44-23-25-47-35-59(76-57(47)34-44)68-50(39-73)37-53-51(28-26-45-18-12-20-55(70-68)61(45)53)63-54(40-75-6)64(66(63)74)52-29-27-46-19-13-21-56-62(46)65(52)72-69(71-56)60-36-48-24-22-43(33-58(48)77-60)17-11-9-8-10-15-41(2)3/h12-13,18-29,33-37,39,41-42,49-50,70-72H,7-11,14-17,30-32,38,40H2,1-6H3/b63-51-. The topological polar surface area (TPSA) is 79.5 Å². The molecule has 1 saturated carbocycles. The van der Waals surface area contributed by atoms with Crippen molar-refractivity contribution in [1.82, 2.24) is 0 Å². The van der Waals surface area contributed by atoms with E-state index in [4.69, 9.17) is 4.74 Å². The van der Waals surface area contributed by atoms with E-state index < -0.39 is 5.82 Å². The first-order chi connectivity index (χ1) is 37.5. The molecule has 4 aliphatic rings. The number of ketones is 1. The fraction of sp³-hybridized carbons (Fsp3) is 0.373.